The maximum Gasteiger partial charge on any atom is 0.274 e. The summed E-state index contributed by atoms with van der Waals surface area (Å²) in [7, 11) is 0. The standard InChI is InChI=1S/C14H13FN2O/c1-9-6-7-12(11(15)8-9)17-14(18)13-5-3-4-10(2)16-13/h3-8H,1-2H3,(H,17,18). The van der Waals surface area contributed by atoms with Gasteiger partial charge in [-0.05, 0) is 43.7 Å². The molecule has 1 N–H and O–H groups in total. The van der Waals surface area contributed by atoms with E-state index in [2.05, 4.69) is 10.3 Å². The van der Waals surface area contributed by atoms with Crippen molar-refractivity contribution in [1.29, 1.82) is 0 Å². The van der Waals surface area contributed by atoms with Gasteiger partial charge in [0.1, 0.15) is 11.5 Å². The molecular weight excluding hydrogens is 231 g/mol. The molecule has 1 heterocycles. The summed E-state index contributed by atoms with van der Waals surface area (Å²) in [6.45, 7) is 3.58. The molecule has 0 bridgehead atoms. The Morgan fingerprint density at radius 1 is 1.22 bits per heavy atom. The fourth-order valence-electron chi connectivity index (χ4n) is 1.58. The molecule has 0 aliphatic heterocycles. The second-order valence-corrected chi connectivity index (χ2v) is 4.10. The lowest BCUT2D eigenvalue weighted by atomic mass is 10.2. The van der Waals surface area contributed by atoms with Crippen LogP contribution >= 0.6 is 0 Å². The monoisotopic (exact) mass is 244 g/mol. The zero-order chi connectivity index (χ0) is 13.1. The molecule has 0 unspecified atom stereocenters. The number of nitrogens with zero attached hydrogens (tertiary/aromatic N) is 1. The van der Waals surface area contributed by atoms with Gasteiger partial charge in [0.05, 0.1) is 5.69 Å². The van der Waals surface area contributed by atoms with Crippen LogP contribution in [0.1, 0.15) is 21.7 Å². The van der Waals surface area contributed by atoms with E-state index in [-0.39, 0.29) is 11.4 Å². The van der Waals surface area contributed by atoms with E-state index in [9.17, 15) is 9.18 Å². The molecule has 2 aromatic rings. The molecule has 0 spiro atoms. The number of nitrogens with one attached hydrogen (secondary N) is 1. The largest absolute Gasteiger partial charge is 0.318 e. The molecule has 0 aliphatic carbocycles. The zero-order valence-corrected chi connectivity index (χ0v) is 10.2. The molecule has 0 radical (unpaired) electrons. The van der Waals surface area contributed by atoms with Gasteiger partial charge in [0, 0.05) is 5.69 Å². The van der Waals surface area contributed by atoms with Crippen molar-refractivity contribution in [1.82, 2.24) is 4.98 Å². The van der Waals surface area contributed by atoms with Gasteiger partial charge in [-0.3, -0.25) is 4.79 Å². The van der Waals surface area contributed by atoms with E-state index in [4.69, 9.17) is 0 Å². The minimum absolute atomic E-state index is 0.161. The third kappa shape index (κ3) is 2.71. The summed E-state index contributed by atoms with van der Waals surface area (Å²) in [5, 5.41) is 2.50. The van der Waals surface area contributed by atoms with Crippen molar-refractivity contribution in [3.8, 4) is 0 Å². The van der Waals surface area contributed by atoms with Crippen LogP contribution in [0.5, 0.6) is 0 Å². The van der Waals surface area contributed by atoms with Gasteiger partial charge in [-0.2, -0.15) is 0 Å². The van der Waals surface area contributed by atoms with Crippen LogP contribution in [0.3, 0.4) is 0 Å². The fourth-order valence-corrected chi connectivity index (χ4v) is 1.58. The van der Waals surface area contributed by atoms with Gasteiger partial charge in [-0.25, -0.2) is 9.37 Å². The lowest BCUT2D eigenvalue weighted by Gasteiger charge is -2.06. The minimum Gasteiger partial charge on any atom is -0.318 e. The van der Waals surface area contributed by atoms with Gasteiger partial charge in [0.2, 0.25) is 0 Å². The van der Waals surface area contributed by atoms with Crippen molar-refractivity contribution in [2.24, 2.45) is 0 Å². The number of halogens is 1. The number of aryl methyl sites for hydroxylation is 2. The molecule has 0 atom stereocenters. The first-order valence-electron chi connectivity index (χ1n) is 5.57. The van der Waals surface area contributed by atoms with Crippen LogP contribution in [-0.4, -0.2) is 10.9 Å². The zero-order valence-electron chi connectivity index (χ0n) is 10.2. The Morgan fingerprint density at radius 3 is 2.67 bits per heavy atom. The van der Waals surface area contributed by atoms with E-state index in [1.165, 1.54) is 6.07 Å². The number of hydrogen-bond acceptors (Lipinski definition) is 2. The molecule has 1 amide bonds. The van der Waals surface area contributed by atoms with Crippen molar-refractivity contribution < 1.29 is 9.18 Å². The van der Waals surface area contributed by atoms with E-state index in [1.54, 1.807) is 44.2 Å². The van der Waals surface area contributed by atoms with Crippen LogP contribution in [0.4, 0.5) is 10.1 Å². The van der Waals surface area contributed by atoms with Crippen molar-refractivity contribution in [3.05, 3.63) is 59.2 Å². The Labute approximate surface area is 105 Å². The molecule has 92 valence electrons. The predicted octanol–water partition coefficient (Wildman–Crippen LogP) is 3.09. The molecule has 1 aromatic heterocycles. The van der Waals surface area contributed by atoms with Gasteiger partial charge in [0.15, 0.2) is 0 Å². The van der Waals surface area contributed by atoms with E-state index in [0.717, 1.165) is 11.3 Å². The first-order valence-corrected chi connectivity index (χ1v) is 5.57. The van der Waals surface area contributed by atoms with Gasteiger partial charge >= 0.3 is 0 Å². The topological polar surface area (TPSA) is 42.0 Å². The van der Waals surface area contributed by atoms with Gasteiger partial charge in [-0.15, -0.1) is 0 Å². The average molecular weight is 244 g/mol. The van der Waals surface area contributed by atoms with E-state index < -0.39 is 11.7 Å². The summed E-state index contributed by atoms with van der Waals surface area (Å²) in [5.74, 6) is -0.863. The van der Waals surface area contributed by atoms with Gasteiger partial charge < -0.3 is 5.32 Å². The highest BCUT2D eigenvalue weighted by molar-refractivity contribution is 6.02. The molecule has 2 rings (SSSR count). The number of carbonyl (C=O) groups excluding carboxylic acids is 1. The first-order chi connectivity index (χ1) is 8.56. The Balaban J connectivity index is 2.21. The summed E-state index contributed by atoms with van der Waals surface area (Å²) < 4.78 is 13.6. The summed E-state index contributed by atoms with van der Waals surface area (Å²) in [4.78, 5) is 15.9. The molecule has 4 heteroatoms. The van der Waals surface area contributed by atoms with E-state index >= 15 is 0 Å². The smallest absolute Gasteiger partial charge is 0.274 e. The Bertz CT molecular complexity index is 596. The molecule has 18 heavy (non-hydrogen) atoms. The van der Waals surface area contributed by atoms with Crippen LogP contribution in [-0.2, 0) is 0 Å². The van der Waals surface area contributed by atoms with Crippen LogP contribution in [0.15, 0.2) is 36.4 Å². The summed E-state index contributed by atoms with van der Waals surface area (Å²) >= 11 is 0. The summed E-state index contributed by atoms with van der Waals surface area (Å²) in [6, 6.07) is 9.78. The normalized spacial score (nSPS) is 10.2. The average Bonchev–Trinajstić information content (AvgIpc) is 2.32. The highest BCUT2D eigenvalue weighted by Gasteiger charge is 2.10. The van der Waals surface area contributed by atoms with E-state index in [0.29, 0.717) is 0 Å². The Morgan fingerprint density at radius 2 is 2.00 bits per heavy atom. The second kappa shape index (κ2) is 4.96. The van der Waals surface area contributed by atoms with Crippen LogP contribution < -0.4 is 5.32 Å². The Kier molecular flexibility index (Phi) is 3.37. The number of amides is 1. The lowest BCUT2D eigenvalue weighted by molar-refractivity contribution is 0.102. The molecule has 0 fully saturated rings. The van der Waals surface area contributed by atoms with Crippen molar-refractivity contribution in [3.63, 3.8) is 0 Å². The number of aromatic nitrogens is 1. The lowest BCUT2D eigenvalue weighted by Crippen LogP contribution is -2.14. The number of anilines is 1. The fraction of sp³-hybridized carbons (Fsp3) is 0.143. The first kappa shape index (κ1) is 12.2. The van der Waals surface area contributed by atoms with E-state index in [1.807, 2.05) is 0 Å². The van der Waals surface area contributed by atoms with Crippen molar-refractivity contribution in [2.45, 2.75) is 13.8 Å². The highest BCUT2D eigenvalue weighted by atomic mass is 19.1. The van der Waals surface area contributed by atoms with Gasteiger partial charge in [-0.1, -0.05) is 12.1 Å². The highest BCUT2D eigenvalue weighted by Crippen LogP contribution is 2.16. The SMILES string of the molecule is Cc1ccc(NC(=O)c2cccc(C)n2)c(F)c1. The summed E-state index contributed by atoms with van der Waals surface area (Å²) in [6.07, 6.45) is 0. The predicted molar refractivity (Wildman–Crippen MR) is 68.1 cm³/mol. The summed E-state index contributed by atoms with van der Waals surface area (Å²) in [5.41, 5.74) is 1.98. The quantitative estimate of drug-likeness (QED) is 0.882. The molecule has 0 saturated heterocycles. The maximum absolute atomic E-state index is 13.6. The number of hydrogen-bond donors (Lipinski definition) is 1. The van der Waals surface area contributed by atoms with Crippen molar-refractivity contribution in [2.75, 3.05) is 5.32 Å². The molecule has 1 aromatic carbocycles. The minimum atomic E-state index is -0.448. The van der Waals surface area contributed by atoms with Crippen LogP contribution in [0, 0.1) is 19.7 Å². The van der Waals surface area contributed by atoms with Crippen LogP contribution in [0.25, 0.3) is 0 Å². The second-order valence-electron chi connectivity index (χ2n) is 4.10. The number of pyridine rings is 1. The molecule has 3 nitrogen and oxygen atoms in total. The number of benzene rings is 1. The molecule has 0 saturated carbocycles. The van der Waals surface area contributed by atoms with Crippen molar-refractivity contribution >= 4 is 11.6 Å². The number of rotatable bonds is 2. The molecular formula is C14H13FN2O. The maximum atomic E-state index is 13.6. The Hall–Kier alpha value is -2.23. The van der Waals surface area contributed by atoms with Gasteiger partial charge in [0.25, 0.3) is 5.91 Å². The molecule has 0 aliphatic rings. The third-order valence-corrected chi connectivity index (χ3v) is 2.49. The third-order valence-electron chi connectivity index (χ3n) is 2.49. The number of carbonyl (C=O) groups is 1. The van der Waals surface area contributed by atoms with Crippen LogP contribution in [0.2, 0.25) is 0 Å².